The summed E-state index contributed by atoms with van der Waals surface area (Å²) in [4.78, 5) is 14.7. The Morgan fingerprint density at radius 3 is 2.45 bits per heavy atom. The molecule has 1 aliphatic carbocycles. The molecule has 0 radical (unpaired) electrons. The maximum atomic E-state index is 12.7. The van der Waals surface area contributed by atoms with E-state index in [2.05, 4.69) is 35.0 Å². The molecule has 2 aliphatic rings. The van der Waals surface area contributed by atoms with Crippen molar-refractivity contribution in [3.63, 3.8) is 0 Å². The molecule has 1 aliphatic heterocycles. The summed E-state index contributed by atoms with van der Waals surface area (Å²) in [7, 11) is 0. The second-order valence-electron chi connectivity index (χ2n) is 6.97. The SMILES string of the molecule is C[C@@H](c1ccc(Br)cc1)N1CCC2(CCC(O)CC2)CC1=O. The van der Waals surface area contributed by atoms with Gasteiger partial charge in [-0.2, -0.15) is 0 Å². The first-order valence-corrected chi connectivity index (χ1v) is 9.01. The quantitative estimate of drug-likeness (QED) is 0.858. The minimum absolute atomic E-state index is 0.132. The molecule has 1 aromatic carbocycles. The zero-order valence-electron chi connectivity index (χ0n) is 13.1. The zero-order chi connectivity index (χ0) is 15.7. The number of likely N-dealkylation sites (tertiary alicyclic amines) is 1. The summed E-state index contributed by atoms with van der Waals surface area (Å²) in [5, 5.41) is 9.70. The van der Waals surface area contributed by atoms with E-state index in [0.29, 0.717) is 6.42 Å². The van der Waals surface area contributed by atoms with Gasteiger partial charge < -0.3 is 10.0 Å². The van der Waals surface area contributed by atoms with Crippen LogP contribution in [0.25, 0.3) is 0 Å². The number of carbonyl (C=O) groups excluding carboxylic acids is 1. The van der Waals surface area contributed by atoms with Crippen molar-refractivity contribution in [2.24, 2.45) is 5.41 Å². The van der Waals surface area contributed by atoms with Gasteiger partial charge in [-0.25, -0.2) is 0 Å². The second kappa shape index (κ2) is 6.32. The molecular formula is C18H24BrNO2. The van der Waals surface area contributed by atoms with Crippen LogP contribution in [0.15, 0.2) is 28.7 Å². The maximum absolute atomic E-state index is 12.7. The molecule has 1 saturated heterocycles. The Morgan fingerprint density at radius 2 is 1.86 bits per heavy atom. The van der Waals surface area contributed by atoms with E-state index < -0.39 is 0 Å². The standard InChI is InChI=1S/C18H24BrNO2/c1-13(14-2-4-15(19)5-3-14)20-11-10-18(12-17(20)22)8-6-16(21)7-9-18/h2-5,13,16,21H,6-12H2,1H3/t13-,16?,18?/m0/s1. The molecule has 22 heavy (non-hydrogen) atoms. The Kier molecular flexibility index (Phi) is 4.60. The molecule has 1 atom stereocenters. The summed E-state index contributed by atoms with van der Waals surface area (Å²) in [6.07, 6.45) is 5.29. The summed E-state index contributed by atoms with van der Waals surface area (Å²) in [5.41, 5.74) is 1.35. The highest BCUT2D eigenvalue weighted by Crippen LogP contribution is 2.46. The van der Waals surface area contributed by atoms with Crippen molar-refractivity contribution >= 4 is 21.8 Å². The fourth-order valence-corrected chi connectivity index (χ4v) is 4.23. The van der Waals surface area contributed by atoms with Gasteiger partial charge in [0.2, 0.25) is 5.91 Å². The highest BCUT2D eigenvalue weighted by atomic mass is 79.9. The summed E-state index contributed by atoms with van der Waals surface area (Å²) in [5.74, 6) is 0.276. The number of amides is 1. The van der Waals surface area contributed by atoms with Gasteiger partial charge in [0.1, 0.15) is 0 Å². The lowest BCUT2D eigenvalue weighted by Crippen LogP contribution is -2.46. The Morgan fingerprint density at radius 1 is 1.23 bits per heavy atom. The predicted octanol–water partition coefficient (Wildman–Crippen LogP) is 4.05. The van der Waals surface area contributed by atoms with E-state index in [1.54, 1.807) is 0 Å². The number of halogens is 1. The van der Waals surface area contributed by atoms with Crippen LogP contribution in [0.5, 0.6) is 0 Å². The van der Waals surface area contributed by atoms with Crippen LogP contribution in [0.3, 0.4) is 0 Å². The van der Waals surface area contributed by atoms with Gasteiger partial charge in [0.15, 0.2) is 0 Å². The molecule has 3 nitrogen and oxygen atoms in total. The van der Waals surface area contributed by atoms with Gasteiger partial charge >= 0.3 is 0 Å². The van der Waals surface area contributed by atoms with Crippen LogP contribution in [-0.2, 0) is 4.79 Å². The van der Waals surface area contributed by atoms with Crippen LogP contribution in [0.2, 0.25) is 0 Å². The topological polar surface area (TPSA) is 40.5 Å². The van der Waals surface area contributed by atoms with Gasteiger partial charge in [0.25, 0.3) is 0 Å². The van der Waals surface area contributed by atoms with Crippen molar-refractivity contribution in [3.05, 3.63) is 34.3 Å². The first-order chi connectivity index (χ1) is 10.5. The van der Waals surface area contributed by atoms with Gasteiger partial charge in [-0.05, 0) is 62.1 Å². The highest BCUT2D eigenvalue weighted by Gasteiger charge is 2.42. The lowest BCUT2D eigenvalue weighted by atomic mass is 9.67. The molecule has 1 heterocycles. The van der Waals surface area contributed by atoms with Crippen LogP contribution in [-0.4, -0.2) is 28.6 Å². The molecule has 4 heteroatoms. The van der Waals surface area contributed by atoms with Gasteiger partial charge in [-0.1, -0.05) is 28.1 Å². The third-order valence-corrected chi connectivity index (χ3v) is 6.09. The fourth-order valence-electron chi connectivity index (χ4n) is 3.97. The number of piperidine rings is 1. The minimum Gasteiger partial charge on any atom is -0.393 e. The van der Waals surface area contributed by atoms with Crippen molar-refractivity contribution in [1.82, 2.24) is 4.90 Å². The third kappa shape index (κ3) is 3.23. The molecular weight excluding hydrogens is 342 g/mol. The Bertz CT molecular complexity index is 535. The Hall–Kier alpha value is -0.870. The first kappa shape index (κ1) is 16.0. The first-order valence-electron chi connectivity index (χ1n) is 8.22. The molecule has 1 amide bonds. The van der Waals surface area contributed by atoms with Crippen LogP contribution >= 0.6 is 15.9 Å². The summed E-state index contributed by atoms with van der Waals surface area (Å²) in [6, 6.07) is 8.37. The van der Waals surface area contributed by atoms with Crippen LogP contribution in [0.4, 0.5) is 0 Å². The Labute approximate surface area is 140 Å². The van der Waals surface area contributed by atoms with Crippen molar-refractivity contribution < 1.29 is 9.90 Å². The number of rotatable bonds is 2. The number of nitrogens with zero attached hydrogens (tertiary/aromatic N) is 1. The van der Waals surface area contributed by atoms with Crippen molar-refractivity contribution in [1.29, 1.82) is 0 Å². The van der Waals surface area contributed by atoms with Crippen molar-refractivity contribution in [3.8, 4) is 0 Å². The molecule has 1 spiro atoms. The summed E-state index contributed by atoms with van der Waals surface area (Å²) < 4.78 is 1.06. The smallest absolute Gasteiger partial charge is 0.223 e. The fraction of sp³-hybridized carbons (Fsp3) is 0.611. The van der Waals surface area contributed by atoms with Gasteiger partial charge in [0, 0.05) is 17.4 Å². The molecule has 0 unspecified atom stereocenters. The molecule has 120 valence electrons. The van der Waals surface area contributed by atoms with Gasteiger partial charge in [0.05, 0.1) is 12.1 Å². The molecule has 0 bridgehead atoms. The number of aliphatic hydroxyl groups excluding tert-OH is 1. The monoisotopic (exact) mass is 365 g/mol. The van der Waals surface area contributed by atoms with E-state index in [-0.39, 0.29) is 23.5 Å². The molecule has 2 fully saturated rings. The van der Waals surface area contributed by atoms with Crippen LogP contribution in [0.1, 0.15) is 57.1 Å². The van der Waals surface area contributed by atoms with Crippen molar-refractivity contribution in [2.45, 2.75) is 57.6 Å². The summed E-state index contributed by atoms with van der Waals surface area (Å²) in [6.45, 7) is 2.95. The van der Waals surface area contributed by atoms with Gasteiger partial charge in [-0.15, -0.1) is 0 Å². The number of aliphatic hydroxyl groups is 1. The number of carbonyl (C=O) groups is 1. The molecule has 3 rings (SSSR count). The Balaban J connectivity index is 1.68. The van der Waals surface area contributed by atoms with E-state index in [0.717, 1.165) is 43.1 Å². The van der Waals surface area contributed by atoms with E-state index in [4.69, 9.17) is 0 Å². The average Bonchev–Trinajstić information content (AvgIpc) is 2.51. The van der Waals surface area contributed by atoms with E-state index in [9.17, 15) is 9.90 Å². The average molecular weight is 366 g/mol. The van der Waals surface area contributed by atoms with Crippen LogP contribution in [0, 0.1) is 5.41 Å². The third-order valence-electron chi connectivity index (χ3n) is 5.57. The zero-order valence-corrected chi connectivity index (χ0v) is 14.7. The maximum Gasteiger partial charge on any atom is 0.223 e. The lowest BCUT2D eigenvalue weighted by molar-refractivity contribution is -0.142. The number of hydrogen-bond donors (Lipinski definition) is 1. The largest absolute Gasteiger partial charge is 0.393 e. The summed E-state index contributed by atoms with van der Waals surface area (Å²) >= 11 is 3.45. The minimum atomic E-state index is -0.152. The van der Waals surface area contributed by atoms with Gasteiger partial charge in [-0.3, -0.25) is 4.79 Å². The molecule has 1 aromatic rings. The van der Waals surface area contributed by atoms with Crippen LogP contribution < -0.4 is 0 Å². The molecule has 1 saturated carbocycles. The normalized spacial score (nSPS) is 30.6. The van der Waals surface area contributed by atoms with E-state index in [1.165, 1.54) is 5.56 Å². The predicted molar refractivity (Wildman–Crippen MR) is 90.4 cm³/mol. The molecule has 0 aromatic heterocycles. The highest BCUT2D eigenvalue weighted by molar-refractivity contribution is 9.10. The van der Waals surface area contributed by atoms with E-state index >= 15 is 0 Å². The van der Waals surface area contributed by atoms with Crippen molar-refractivity contribution in [2.75, 3.05) is 6.54 Å². The number of hydrogen-bond acceptors (Lipinski definition) is 2. The van der Waals surface area contributed by atoms with E-state index in [1.807, 2.05) is 17.0 Å². The molecule has 1 N–H and O–H groups in total. The second-order valence-corrected chi connectivity index (χ2v) is 7.89. The lowest BCUT2D eigenvalue weighted by Gasteiger charge is -2.46. The number of benzene rings is 1.